The van der Waals surface area contributed by atoms with E-state index in [4.69, 9.17) is 14.2 Å². The molecule has 29 heavy (non-hydrogen) atoms. The van der Waals surface area contributed by atoms with Crippen LogP contribution >= 0.6 is 0 Å². The third-order valence-corrected chi connectivity index (χ3v) is 5.97. The van der Waals surface area contributed by atoms with E-state index in [1.807, 2.05) is 37.3 Å². The summed E-state index contributed by atoms with van der Waals surface area (Å²) in [6.07, 6.45) is 0.451. The van der Waals surface area contributed by atoms with Gasteiger partial charge in [0.15, 0.2) is 6.29 Å². The summed E-state index contributed by atoms with van der Waals surface area (Å²) in [5.41, 5.74) is -0.244. The first-order chi connectivity index (χ1) is 14.0. The van der Waals surface area contributed by atoms with Crippen molar-refractivity contribution in [1.29, 1.82) is 0 Å². The molecule has 5 atom stereocenters. The molecule has 0 spiro atoms. The van der Waals surface area contributed by atoms with Gasteiger partial charge in [0.25, 0.3) is 5.56 Å². The lowest BCUT2D eigenvalue weighted by Gasteiger charge is -2.36. The summed E-state index contributed by atoms with van der Waals surface area (Å²) in [6.45, 7) is 4.12. The number of aliphatic hydroxyl groups excluding tert-OH is 1. The molecule has 156 valence electrons. The molecular formula is C21H26N2O6. The topological polar surface area (TPSA) is 103 Å². The second-order valence-electron chi connectivity index (χ2n) is 7.75. The lowest BCUT2D eigenvalue weighted by Crippen LogP contribution is -2.45. The van der Waals surface area contributed by atoms with E-state index in [0.29, 0.717) is 25.2 Å². The van der Waals surface area contributed by atoms with Crippen LogP contribution in [0.2, 0.25) is 0 Å². The van der Waals surface area contributed by atoms with Gasteiger partial charge in [-0.25, -0.2) is 4.79 Å². The molecule has 2 bridgehead atoms. The molecule has 1 saturated carbocycles. The van der Waals surface area contributed by atoms with Crippen molar-refractivity contribution in [3.63, 3.8) is 0 Å². The number of hydrogen-bond acceptors (Lipinski definition) is 6. The quantitative estimate of drug-likeness (QED) is 0.719. The first-order valence-electron chi connectivity index (χ1n) is 9.85. The van der Waals surface area contributed by atoms with Crippen LogP contribution in [0.4, 0.5) is 0 Å². The third kappa shape index (κ3) is 3.36. The summed E-state index contributed by atoms with van der Waals surface area (Å²) in [7, 11) is 0. The number of H-pyrrole nitrogens is 1. The molecule has 1 aromatic heterocycles. The Bertz CT molecular complexity index is 971. The lowest BCUT2D eigenvalue weighted by atomic mass is 9.84. The first kappa shape index (κ1) is 20.0. The van der Waals surface area contributed by atoms with Crippen LogP contribution in [0.3, 0.4) is 0 Å². The average molecular weight is 402 g/mol. The molecule has 2 aliphatic rings. The number of benzene rings is 1. The van der Waals surface area contributed by atoms with E-state index in [-0.39, 0.29) is 12.6 Å². The van der Waals surface area contributed by atoms with E-state index < -0.39 is 35.2 Å². The number of hydrogen-bond donors (Lipinski definition) is 2. The maximum atomic E-state index is 12.5. The number of aryl methyl sites for hydroxylation is 1. The summed E-state index contributed by atoms with van der Waals surface area (Å²) in [4.78, 5) is 26.6. The molecule has 2 fully saturated rings. The van der Waals surface area contributed by atoms with Crippen molar-refractivity contribution in [1.82, 2.24) is 9.55 Å². The highest BCUT2D eigenvalue weighted by Crippen LogP contribution is 2.56. The molecule has 1 aliphatic heterocycles. The minimum absolute atomic E-state index is 0.193. The summed E-state index contributed by atoms with van der Waals surface area (Å²) in [6, 6.07) is 9.38. The number of ether oxygens (including phenoxy) is 3. The van der Waals surface area contributed by atoms with E-state index in [1.165, 1.54) is 4.57 Å². The molecular weight excluding hydrogens is 376 g/mol. The Balaban J connectivity index is 1.67. The Morgan fingerprint density at radius 1 is 1.28 bits per heavy atom. The molecule has 2 aromatic rings. The highest BCUT2D eigenvalue weighted by molar-refractivity contribution is 5.16. The molecule has 1 saturated heterocycles. The maximum Gasteiger partial charge on any atom is 0.328 e. The number of aromatic amines is 1. The van der Waals surface area contributed by atoms with Crippen molar-refractivity contribution in [2.75, 3.05) is 13.2 Å². The van der Waals surface area contributed by atoms with Crippen LogP contribution in [0.25, 0.3) is 0 Å². The van der Waals surface area contributed by atoms with Gasteiger partial charge in [0, 0.05) is 18.4 Å². The zero-order valence-corrected chi connectivity index (χ0v) is 16.5. The molecule has 2 unspecified atom stereocenters. The van der Waals surface area contributed by atoms with Crippen LogP contribution in [0.5, 0.6) is 0 Å². The first-order valence-corrected chi connectivity index (χ1v) is 9.85. The smallest absolute Gasteiger partial charge is 0.328 e. The van der Waals surface area contributed by atoms with Gasteiger partial charge in [-0.2, -0.15) is 0 Å². The van der Waals surface area contributed by atoms with Crippen LogP contribution in [0.15, 0.2) is 46.1 Å². The molecule has 8 heteroatoms. The monoisotopic (exact) mass is 402 g/mol. The molecule has 2 N–H and O–H groups in total. The van der Waals surface area contributed by atoms with Crippen molar-refractivity contribution < 1.29 is 19.3 Å². The van der Waals surface area contributed by atoms with Crippen molar-refractivity contribution >= 4 is 0 Å². The van der Waals surface area contributed by atoms with Gasteiger partial charge < -0.3 is 19.3 Å². The number of nitrogens with one attached hydrogen (secondary N) is 1. The van der Waals surface area contributed by atoms with Crippen LogP contribution in [0.1, 0.15) is 30.5 Å². The number of rotatable bonds is 7. The van der Waals surface area contributed by atoms with Gasteiger partial charge in [-0.05, 0) is 25.8 Å². The van der Waals surface area contributed by atoms with Crippen LogP contribution in [0, 0.1) is 12.3 Å². The molecule has 0 radical (unpaired) electrons. The number of fused-ring (bicyclic) bond motifs is 2. The molecule has 2 heterocycles. The Morgan fingerprint density at radius 3 is 2.72 bits per heavy atom. The maximum absolute atomic E-state index is 12.5. The second kappa shape index (κ2) is 7.87. The predicted octanol–water partition coefficient (Wildman–Crippen LogP) is 1.12. The third-order valence-electron chi connectivity index (χ3n) is 5.97. The molecule has 0 amide bonds. The van der Waals surface area contributed by atoms with E-state index >= 15 is 0 Å². The van der Waals surface area contributed by atoms with Crippen molar-refractivity contribution in [2.45, 2.75) is 51.4 Å². The Morgan fingerprint density at radius 2 is 2.03 bits per heavy atom. The molecule has 4 rings (SSSR count). The standard InChI is InChI=1S/C21H26N2O6/c1-3-27-19-21(12-24)9-15(23-10-13(2)18(25)22-20(23)26)16(29-19)17(21)28-11-14-7-5-4-6-8-14/h4-8,10,15-17,19,24H,3,9,11-12H2,1-2H3,(H,22,25,26)/t15-,16?,17-,19?,21+/m1/s1. The van der Waals surface area contributed by atoms with E-state index in [0.717, 1.165) is 5.56 Å². The van der Waals surface area contributed by atoms with Gasteiger partial charge in [-0.3, -0.25) is 14.3 Å². The zero-order chi connectivity index (χ0) is 20.6. The predicted molar refractivity (Wildman–Crippen MR) is 105 cm³/mol. The largest absolute Gasteiger partial charge is 0.395 e. The highest BCUT2D eigenvalue weighted by Gasteiger charge is 2.67. The second-order valence-corrected chi connectivity index (χ2v) is 7.75. The summed E-state index contributed by atoms with van der Waals surface area (Å²) in [5, 5.41) is 10.4. The molecule has 8 nitrogen and oxygen atoms in total. The number of nitrogens with zero attached hydrogens (tertiary/aromatic N) is 1. The number of aromatic nitrogens is 2. The normalized spacial score (nSPS) is 30.7. The van der Waals surface area contributed by atoms with Gasteiger partial charge >= 0.3 is 5.69 Å². The van der Waals surface area contributed by atoms with Gasteiger partial charge in [-0.1, -0.05) is 30.3 Å². The van der Waals surface area contributed by atoms with Crippen molar-refractivity contribution in [3.05, 3.63) is 68.5 Å². The SMILES string of the molecule is CCOC1OC2[C@H](n3cc(C)c(=O)[nH]c3=O)C[C@]1(CO)[C@@H]2OCc1ccccc1. The Labute approximate surface area is 168 Å². The Kier molecular flexibility index (Phi) is 5.44. The van der Waals surface area contributed by atoms with Gasteiger partial charge in [0.2, 0.25) is 0 Å². The van der Waals surface area contributed by atoms with Crippen molar-refractivity contribution in [2.24, 2.45) is 5.41 Å². The summed E-state index contributed by atoms with van der Waals surface area (Å²) < 4.78 is 19.6. The van der Waals surface area contributed by atoms with E-state index in [9.17, 15) is 14.7 Å². The fourth-order valence-electron chi connectivity index (χ4n) is 4.52. The molecule has 1 aliphatic carbocycles. The minimum Gasteiger partial charge on any atom is -0.395 e. The fourth-order valence-corrected chi connectivity index (χ4v) is 4.52. The van der Waals surface area contributed by atoms with Crippen molar-refractivity contribution in [3.8, 4) is 0 Å². The minimum atomic E-state index is -0.788. The van der Waals surface area contributed by atoms with Gasteiger partial charge in [0.1, 0.15) is 6.10 Å². The number of aliphatic hydroxyl groups is 1. The average Bonchev–Trinajstić information content (AvgIpc) is 3.19. The lowest BCUT2D eigenvalue weighted by molar-refractivity contribution is -0.212. The Hall–Kier alpha value is -2.26. The highest BCUT2D eigenvalue weighted by atomic mass is 16.7. The summed E-state index contributed by atoms with van der Waals surface area (Å²) >= 11 is 0. The van der Waals surface area contributed by atoms with E-state index in [1.54, 1.807) is 13.1 Å². The zero-order valence-electron chi connectivity index (χ0n) is 16.5. The fraction of sp³-hybridized carbons (Fsp3) is 0.524. The van der Waals surface area contributed by atoms with Crippen LogP contribution < -0.4 is 11.2 Å². The van der Waals surface area contributed by atoms with Gasteiger partial charge in [0.05, 0.1) is 30.8 Å². The van der Waals surface area contributed by atoms with Crippen LogP contribution in [-0.4, -0.2) is 46.4 Å². The summed E-state index contributed by atoms with van der Waals surface area (Å²) in [5.74, 6) is 0. The molecule has 1 aromatic carbocycles. The van der Waals surface area contributed by atoms with Gasteiger partial charge in [-0.15, -0.1) is 0 Å². The van der Waals surface area contributed by atoms with E-state index in [2.05, 4.69) is 4.98 Å². The van der Waals surface area contributed by atoms with Crippen LogP contribution in [-0.2, 0) is 20.8 Å².